The summed E-state index contributed by atoms with van der Waals surface area (Å²) in [5.41, 5.74) is 17.7. The first-order valence-corrected chi connectivity index (χ1v) is 45.6. The standard InChI is InChI=1S/C49H65N23O41P8/c50-19-1-2-68(47(81)65-19)45-32(79)48(82,5-17-26(75)31(44(104-17)71-12-63-22-35(53)57-9-60-39(22)71)107-117(91,92)111-121(99,100)113-119(95,96)109-115(86,87)88)49(105-45,6-18-25(74)28(77)42(103-18)72-13-64-23-36(54)66-46(80)67-40(23)72)14(3-15-24(73)27(76)41(101-15)69-10-61-20-33(51)55-7-58-37(20)69)4-16-30(29(78)43(102-16)70-11-62-21-34(52)56-8-59-38(21)70)106-116(89,90)110-120(97,98)112-118(93,94)108-114(83,84)85/h1-2,7-18,24-32,41-45,73-79,82H,3-6H2,(H,89,90)(H,91,92)(H,93,94)(H,95,96)(H,97,98)(H,99,100)(H2,50,65,81)(H2,51,55,58)(H2,52,56,59)(H2,53,57,60)(H2,83,84,85)(H2,86,87,88)(H3,54,66,67,80)/t14?,15-,16-,17-,18-,24-,25-,26-,27-,28-,29-,30-,31-,32+,41-,42-,43-,44-,45-,48+,49-/m1/s1. The SMILES string of the molecule is Nc1ccn([C@@H]2O[C@](C[C@H]3O[C@@H](n4cnc5c(N)[nH]c(=O)nc54)[C@H](O)[C@@H]3O)(C(C[C@H]3O[C@@H](n4cnc5c(N)ncnc54)[C@H](O)[C@@H]3O)C[C@H]3O[C@@H](n4cnc5c(N)ncnc54)[C@H](O)[C@@H]3OP(=O)(O)OP(=O)(O)OP(=O)(O)OP(=O)(O)O)[C@](O)(C[C@H]3O[C@@H](n4cnc5c(N)ncnc54)[C@H](OP(=O)(O)OP(=O)(O)OP(=O)(O)OP(=O)(O)O)[C@@H]3O)[C@H]2O)c(=O)n1. The Morgan fingerprint density at radius 3 is 1.31 bits per heavy atom. The van der Waals surface area contributed by atoms with E-state index in [4.69, 9.17) is 61.4 Å². The molecule has 14 heterocycles. The summed E-state index contributed by atoms with van der Waals surface area (Å²) >= 11 is 0. The third kappa shape index (κ3) is 17.8. The van der Waals surface area contributed by atoms with Crippen LogP contribution >= 0.6 is 62.6 Å². The van der Waals surface area contributed by atoms with Gasteiger partial charge in [0.05, 0.1) is 49.7 Å². The number of aliphatic hydroxyl groups is 8. The van der Waals surface area contributed by atoms with Crippen molar-refractivity contribution < 1.29 is 185 Å². The summed E-state index contributed by atoms with van der Waals surface area (Å²) in [6.07, 6.45) is -43.8. The van der Waals surface area contributed by atoms with E-state index < -0.39 is 256 Å². The zero-order chi connectivity index (χ0) is 88.1. The number of nitrogens with one attached hydrogen (secondary N) is 1. The van der Waals surface area contributed by atoms with E-state index >= 15 is 0 Å². The van der Waals surface area contributed by atoms with Gasteiger partial charge < -0.3 is 142 Å². The van der Waals surface area contributed by atoms with Crippen LogP contribution in [-0.2, 0) is 95.1 Å². The van der Waals surface area contributed by atoms with Gasteiger partial charge in [0.25, 0.3) is 0 Å². The molecular formula is C49H65N23O41P8. The summed E-state index contributed by atoms with van der Waals surface area (Å²) in [6.45, 7) is 0. The van der Waals surface area contributed by atoms with E-state index in [1.807, 2.05) is 0 Å². The number of fused-ring (bicyclic) bond motifs is 4. The highest BCUT2D eigenvalue weighted by Gasteiger charge is 2.73. The average molecular weight is 1880 g/mol. The molecule has 64 nitrogen and oxygen atoms in total. The molecule has 121 heavy (non-hydrogen) atoms. The van der Waals surface area contributed by atoms with E-state index in [0.29, 0.717) is 9.13 Å². The quantitative estimate of drug-likeness (QED) is 0.0186. The highest BCUT2D eigenvalue weighted by molar-refractivity contribution is 7.70. The number of aromatic amines is 1. The molecule has 9 aromatic heterocycles. The topological polar surface area (TPSA) is 980 Å². The Labute approximate surface area is 666 Å². The molecule has 29 N–H and O–H groups in total. The second-order valence-electron chi connectivity index (χ2n) is 27.0. The van der Waals surface area contributed by atoms with E-state index in [2.05, 4.69) is 90.7 Å². The van der Waals surface area contributed by atoms with Crippen LogP contribution in [-0.4, -0.2) is 268 Å². The lowest BCUT2D eigenvalue weighted by Gasteiger charge is -2.50. The van der Waals surface area contributed by atoms with E-state index in [1.165, 1.54) is 0 Å². The van der Waals surface area contributed by atoms with Crippen molar-refractivity contribution in [2.75, 3.05) is 28.7 Å². The third-order valence-electron chi connectivity index (χ3n) is 19.4. The van der Waals surface area contributed by atoms with Crippen molar-refractivity contribution in [1.82, 2.24) is 87.6 Å². The number of rotatable bonds is 30. The minimum atomic E-state index is -6.85. The summed E-state index contributed by atoms with van der Waals surface area (Å²) < 4.78 is 174. The van der Waals surface area contributed by atoms with E-state index in [0.717, 1.165) is 70.3 Å². The summed E-state index contributed by atoms with van der Waals surface area (Å²) in [6, 6.07) is 0.893. The van der Waals surface area contributed by atoms with Crippen molar-refractivity contribution in [3.05, 3.63) is 77.5 Å². The summed E-state index contributed by atoms with van der Waals surface area (Å²) in [5, 5.41) is 104. The van der Waals surface area contributed by atoms with E-state index in [9.17, 15) is 136 Å². The van der Waals surface area contributed by atoms with E-state index in [-0.39, 0.29) is 45.0 Å². The normalized spacial score (nSPS) is 32.5. The molecule has 5 fully saturated rings. The van der Waals surface area contributed by atoms with Gasteiger partial charge in [0.15, 0.2) is 71.2 Å². The van der Waals surface area contributed by atoms with Crippen LogP contribution in [0.3, 0.4) is 0 Å². The molecule has 0 amide bonds. The number of H-pyrrole nitrogens is 1. The number of nitrogens with zero attached hydrogens (tertiary/aromatic N) is 17. The molecule has 0 aliphatic carbocycles. The highest BCUT2D eigenvalue weighted by atomic mass is 31.3. The van der Waals surface area contributed by atoms with Crippen LogP contribution in [0.25, 0.3) is 44.7 Å². The van der Waals surface area contributed by atoms with Crippen molar-refractivity contribution >= 4 is 136 Å². The van der Waals surface area contributed by atoms with Crippen LogP contribution in [0, 0.1) is 5.92 Å². The molecule has 0 aromatic carbocycles. The predicted octanol–water partition coefficient (Wildman–Crippen LogP) is -6.24. The smallest absolute Gasteiger partial charge is 0.388 e. The number of phosphoric acid groups is 8. The third-order valence-corrected chi connectivity index (χ3v) is 30.4. The number of nitrogens with two attached hydrogens (primary N) is 5. The largest absolute Gasteiger partial charge is 0.490 e. The molecule has 0 spiro atoms. The number of aliphatic hydroxyl groups excluding tert-OH is 7. The first-order chi connectivity index (χ1) is 56.2. The van der Waals surface area contributed by atoms with Gasteiger partial charge in [0, 0.05) is 19.0 Å². The van der Waals surface area contributed by atoms with Gasteiger partial charge in [-0.05, 0) is 24.8 Å². The zero-order valence-electron chi connectivity index (χ0n) is 59.5. The minimum Gasteiger partial charge on any atom is -0.388 e. The van der Waals surface area contributed by atoms with Gasteiger partial charge in [-0.2, -0.15) is 35.8 Å². The van der Waals surface area contributed by atoms with Gasteiger partial charge in [-0.25, -0.2) is 95.9 Å². The van der Waals surface area contributed by atoms with Crippen LogP contribution in [0.5, 0.6) is 0 Å². The van der Waals surface area contributed by atoms with Gasteiger partial charge in [0.1, 0.15) is 119 Å². The molecule has 0 saturated carbocycles. The lowest BCUT2D eigenvalue weighted by molar-refractivity contribution is -0.226. The Morgan fingerprint density at radius 2 is 0.826 bits per heavy atom. The van der Waals surface area contributed by atoms with Crippen molar-refractivity contribution in [3.8, 4) is 0 Å². The number of ether oxygens (including phenoxy) is 5. The minimum absolute atomic E-state index is 0.146. The zero-order valence-corrected chi connectivity index (χ0v) is 66.7. The fourth-order valence-electron chi connectivity index (χ4n) is 14.8. The molecule has 9 aromatic rings. The van der Waals surface area contributed by atoms with Crippen LogP contribution in [0.4, 0.5) is 29.1 Å². The van der Waals surface area contributed by atoms with Crippen LogP contribution in [0.1, 0.15) is 56.8 Å². The Balaban J connectivity index is 0.979. The van der Waals surface area contributed by atoms with Crippen LogP contribution in [0.2, 0.25) is 0 Å². The van der Waals surface area contributed by atoms with Gasteiger partial charge in [-0.3, -0.25) is 36.9 Å². The Kier molecular flexibility index (Phi) is 23.9. The predicted molar refractivity (Wildman–Crippen MR) is 381 cm³/mol. The van der Waals surface area contributed by atoms with Crippen molar-refractivity contribution in [2.24, 2.45) is 5.92 Å². The summed E-state index contributed by atoms with van der Waals surface area (Å²) in [5.74, 6) is -4.55. The molecule has 5 aliphatic rings. The second kappa shape index (κ2) is 32.2. The number of phosphoric ester groups is 2. The number of hydrogen-bond acceptors (Lipinski definition) is 48. The molecule has 5 aliphatic heterocycles. The first-order valence-electron chi connectivity index (χ1n) is 33.5. The van der Waals surface area contributed by atoms with Gasteiger partial charge in [-0.15, -0.1) is 0 Å². The summed E-state index contributed by atoms with van der Waals surface area (Å²) in [7, 11) is -52.7. The second-order valence-corrected chi connectivity index (χ2v) is 39.0. The Hall–Kier alpha value is -7.52. The van der Waals surface area contributed by atoms with Gasteiger partial charge >= 0.3 is 74.0 Å². The molecule has 7 unspecified atom stereocenters. The van der Waals surface area contributed by atoms with Gasteiger partial charge in [-0.1, -0.05) is 0 Å². The number of aromatic nitrogens is 18. The maximum Gasteiger partial charge on any atom is 0.490 e. The fourth-order valence-corrected chi connectivity index (χ4v) is 24.0. The summed E-state index contributed by atoms with van der Waals surface area (Å²) in [4.78, 5) is 179. The Morgan fingerprint density at radius 1 is 0.430 bits per heavy atom. The monoisotopic (exact) mass is 1880 g/mol. The Bertz CT molecular complexity index is 6060. The van der Waals surface area contributed by atoms with Crippen molar-refractivity contribution in [3.63, 3.8) is 0 Å². The van der Waals surface area contributed by atoms with Crippen molar-refractivity contribution in [2.45, 2.75) is 147 Å². The maximum atomic E-state index is 14.9. The maximum absolute atomic E-state index is 14.9. The molecule has 27 atom stereocenters. The van der Waals surface area contributed by atoms with E-state index in [1.54, 1.807) is 0 Å². The highest BCUT2D eigenvalue weighted by Crippen LogP contribution is 2.73. The molecule has 662 valence electrons. The van der Waals surface area contributed by atoms with Crippen LogP contribution in [0.15, 0.2) is 66.1 Å². The lowest BCUT2D eigenvalue weighted by atomic mass is 9.63. The number of hydrogen-bond donors (Lipinski definition) is 24. The molecular weight excluding hydrogens is 1810 g/mol. The molecule has 14 rings (SSSR count). The van der Waals surface area contributed by atoms with Gasteiger partial charge in [0.2, 0.25) is 0 Å². The molecule has 72 heteroatoms. The number of imidazole rings is 4. The van der Waals surface area contributed by atoms with Crippen LogP contribution < -0.4 is 40.0 Å². The van der Waals surface area contributed by atoms with Crippen molar-refractivity contribution in [1.29, 1.82) is 0 Å². The first kappa shape index (κ1) is 89.7. The molecule has 0 bridgehead atoms. The number of nitrogen functional groups attached to an aromatic ring is 5. The number of anilines is 5. The lowest BCUT2D eigenvalue weighted by Crippen LogP contribution is -2.64. The molecule has 0 radical (unpaired) electrons. The molecule has 5 saturated heterocycles. The fraction of sp³-hybridized carbons (Fsp3) is 0.510. The average Bonchev–Trinajstić information content (AvgIpc) is 1.53.